The van der Waals surface area contributed by atoms with E-state index in [4.69, 9.17) is 10.5 Å². The Morgan fingerprint density at radius 3 is 2.81 bits per heavy atom. The summed E-state index contributed by atoms with van der Waals surface area (Å²) in [6, 6.07) is 7.27. The lowest BCUT2D eigenvalue weighted by molar-refractivity contribution is -0.391. The molecule has 7 nitrogen and oxygen atoms in total. The molecule has 0 aliphatic rings. The highest BCUT2D eigenvalue weighted by molar-refractivity contribution is 7.15. The van der Waals surface area contributed by atoms with Gasteiger partial charge in [-0.3, -0.25) is 0 Å². The van der Waals surface area contributed by atoms with Gasteiger partial charge < -0.3 is 20.6 Å². The van der Waals surface area contributed by atoms with E-state index in [1.807, 2.05) is 12.1 Å². The second-order valence-electron chi connectivity index (χ2n) is 4.34. The fourth-order valence-electron chi connectivity index (χ4n) is 1.99. The topological polar surface area (TPSA) is 95.7 Å². The Hall–Kier alpha value is -2.45. The van der Waals surface area contributed by atoms with Crippen LogP contribution in [0.4, 0.5) is 5.82 Å². The Balaban J connectivity index is 1.92. The molecular weight excluding hydrogens is 292 g/mol. The maximum Gasteiger partial charge on any atom is 0.393 e. The zero-order valence-corrected chi connectivity index (χ0v) is 11.7. The van der Waals surface area contributed by atoms with Gasteiger partial charge in [0.2, 0.25) is 0 Å². The van der Waals surface area contributed by atoms with E-state index in [2.05, 4.69) is 4.98 Å². The maximum atomic E-state index is 11.2. The van der Waals surface area contributed by atoms with Crippen LogP contribution in [0.2, 0.25) is 0 Å². The lowest BCUT2D eigenvalue weighted by atomic mass is 10.1. The number of nitro groups is 1. The molecule has 0 bridgehead atoms. The monoisotopic (exact) mass is 304 g/mol. The van der Waals surface area contributed by atoms with Crippen molar-refractivity contribution in [1.29, 1.82) is 0 Å². The van der Waals surface area contributed by atoms with Gasteiger partial charge in [0.15, 0.2) is 0 Å². The number of nitrogens with two attached hydrogens (primary N) is 1. The molecular formula is C13H12N4O3S. The number of fused-ring (bicyclic) bond motifs is 1. The van der Waals surface area contributed by atoms with Gasteiger partial charge in [0.05, 0.1) is 0 Å². The number of benzene rings is 1. The molecule has 0 saturated heterocycles. The third kappa shape index (κ3) is 2.58. The van der Waals surface area contributed by atoms with Gasteiger partial charge >= 0.3 is 11.7 Å². The van der Waals surface area contributed by atoms with Gasteiger partial charge in [-0.2, -0.15) is 9.38 Å². The number of ether oxygens (including phenoxy) is 1. The van der Waals surface area contributed by atoms with E-state index in [1.54, 1.807) is 23.7 Å². The summed E-state index contributed by atoms with van der Waals surface area (Å²) in [6.07, 6.45) is 2.38. The SMILES string of the molecule is NCCc1ccc(Oc2nc3sccn3c2[N+](=O)[O-])cc1. The van der Waals surface area contributed by atoms with Crippen molar-refractivity contribution >= 4 is 22.1 Å². The normalized spacial score (nSPS) is 10.9. The number of hydrogen-bond acceptors (Lipinski definition) is 6. The van der Waals surface area contributed by atoms with Crippen molar-refractivity contribution in [2.45, 2.75) is 6.42 Å². The number of rotatable bonds is 5. The van der Waals surface area contributed by atoms with Crippen molar-refractivity contribution < 1.29 is 9.66 Å². The fraction of sp³-hybridized carbons (Fsp3) is 0.154. The van der Waals surface area contributed by atoms with Crippen molar-refractivity contribution in [2.24, 2.45) is 5.73 Å². The van der Waals surface area contributed by atoms with E-state index < -0.39 is 4.92 Å². The average Bonchev–Trinajstić information content (AvgIpc) is 3.01. The van der Waals surface area contributed by atoms with Crippen LogP contribution in [-0.2, 0) is 6.42 Å². The fourth-order valence-corrected chi connectivity index (χ4v) is 2.69. The minimum Gasteiger partial charge on any atom is -0.433 e. The number of nitrogens with zero attached hydrogens (tertiary/aromatic N) is 3. The lowest BCUT2D eigenvalue weighted by Gasteiger charge is -2.04. The molecule has 0 fully saturated rings. The summed E-state index contributed by atoms with van der Waals surface area (Å²) in [5, 5.41) is 12.9. The molecule has 3 rings (SSSR count). The first-order chi connectivity index (χ1) is 10.2. The van der Waals surface area contributed by atoms with Crippen molar-refractivity contribution in [3.05, 3.63) is 51.5 Å². The smallest absolute Gasteiger partial charge is 0.393 e. The third-order valence-corrected chi connectivity index (χ3v) is 3.71. The van der Waals surface area contributed by atoms with Gasteiger partial charge in [0.1, 0.15) is 11.9 Å². The summed E-state index contributed by atoms with van der Waals surface area (Å²) in [4.78, 5) is 15.4. The molecule has 0 unspecified atom stereocenters. The van der Waals surface area contributed by atoms with Gasteiger partial charge in [-0.05, 0) is 35.6 Å². The summed E-state index contributed by atoms with van der Waals surface area (Å²) in [5.74, 6) is 0.334. The van der Waals surface area contributed by atoms with Crippen LogP contribution in [-0.4, -0.2) is 20.9 Å². The molecule has 0 atom stereocenters. The second kappa shape index (κ2) is 5.51. The molecule has 8 heteroatoms. The molecule has 3 aromatic rings. The van der Waals surface area contributed by atoms with Crippen LogP contribution in [0.5, 0.6) is 11.6 Å². The molecule has 108 valence electrons. The van der Waals surface area contributed by atoms with E-state index in [0.29, 0.717) is 17.3 Å². The van der Waals surface area contributed by atoms with E-state index >= 15 is 0 Å². The van der Waals surface area contributed by atoms with E-state index in [1.165, 1.54) is 15.7 Å². The molecule has 21 heavy (non-hydrogen) atoms. The lowest BCUT2D eigenvalue weighted by Crippen LogP contribution is -2.02. The van der Waals surface area contributed by atoms with E-state index in [-0.39, 0.29) is 11.7 Å². The summed E-state index contributed by atoms with van der Waals surface area (Å²) in [6.45, 7) is 0.572. The molecule has 1 aromatic carbocycles. The minimum absolute atomic E-state index is 0.00146. The maximum absolute atomic E-state index is 11.2. The van der Waals surface area contributed by atoms with Crippen molar-refractivity contribution in [1.82, 2.24) is 9.38 Å². The molecule has 0 aliphatic carbocycles. The Morgan fingerprint density at radius 2 is 2.14 bits per heavy atom. The Bertz CT molecular complexity index is 778. The Kier molecular flexibility index (Phi) is 3.55. The molecule has 2 aromatic heterocycles. The molecule has 0 radical (unpaired) electrons. The first-order valence-corrected chi connectivity index (χ1v) is 7.14. The summed E-state index contributed by atoms with van der Waals surface area (Å²) >= 11 is 1.31. The van der Waals surface area contributed by atoms with Crippen LogP contribution in [0.3, 0.4) is 0 Å². The zero-order valence-electron chi connectivity index (χ0n) is 10.9. The van der Waals surface area contributed by atoms with Gasteiger partial charge in [-0.15, -0.1) is 0 Å². The molecule has 2 N–H and O–H groups in total. The van der Waals surface area contributed by atoms with Gasteiger partial charge in [0, 0.05) is 5.38 Å². The number of imidazole rings is 1. The highest BCUT2D eigenvalue weighted by Gasteiger charge is 2.25. The van der Waals surface area contributed by atoms with Gasteiger partial charge in [-0.1, -0.05) is 23.5 Å². The van der Waals surface area contributed by atoms with Crippen LogP contribution in [0, 0.1) is 10.1 Å². The Labute approximate surface area is 123 Å². The van der Waals surface area contributed by atoms with Crippen LogP contribution in [0.15, 0.2) is 35.8 Å². The predicted octanol–water partition coefficient (Wildman–Crippen LogP) is 2.60. The van der Waals surface area contributed by atoms with Crippen LogP contribution in [0.25, 0.3) is 4.96 Å². The highest BCUT2D eigenvalue weighted by Crippen LogP contribution is 2.33. The predicted molar refractivity (Wildman–Crippen MR) is 79.0 cm³/mol. The van der Waals surface area contributed by atoms with E-state index in [0.717, 1.165) is 12.0 Å². The largest absolute Gasteiger partial charge is 0.433 e. The highest BCUT2D eigenvalue weighted by atomic mass is 32.1. The van der Waals surface area contributed by atoms with Crippen molar-refractivity contribution in [3.8, 4) is 11.6 Å². The van der Waals surface area contributed by atoms with Crippen molar-refractivity contribution in [3.63, 3.8) is 0 Å². The quantitative estimate of drug-likeness (QED) is 0.577. The van der Waals surface area contributed by atoms with Crippen LogP contribution < -0.4 is 10.5 Å². The second-order valence-corrected chi connectivity index (χ2v) is 5.21. The molecule has 0 spiro atoms. The average molecular weight is 304 g/mol. The van der Waals surface area contributed by atoms with Crippen LogP contribution >= 0.6 is 11.3 Å². The standard InChI is InChI=1S/C13H12N4O3S/c14-6-5-9-1-3-10(4-2-9)20-11-12(17(18)19)16-7-8-21-13(16)15-11/h1-4,7-8H,5-6,14H2. The zero-order chi connectivity index (χ0) is 14.8. The number of aromatic nitrogens is 2. The summed E-state index contributed by atoms with van der Waals surface area (Å²) < 4.78 is 6.95. The van der Waals surface area contributed by atoms with Crippen molar-refractivity contribution in [2.75, 3.05) is 6.54 Å². The molecule has 0 amide bonds. The summed E-state index contributed by atoms with van der Waals surface area (Å²) in [5.41, 5.74) is 6.58. The third-order valence-electron chi connectivity index (χ3n) is 2.95. The molecule has 2 heterocycles. The Morgan fingerprint density at radius 1 is 1.38 bits per heavy atom. The minimum atomic E-state index is -0.495. The first kappa shape index (κ1) is 13.5. The first-order valence-electron chi connectivity index (χ1n) is 6.26. The number of hydrogen-bond donors (Lipinski definition) is 1. The van der Waals surface area contributed by atoms with Gasteiger partial charge in [-0.25, -0.2) is 0 Å². The number of thiazole rings is 1. The molecule has 0 saturated carbocycles. The van der Waals surface area contributed by atoms with Gasteiger partial charge in [0.25, 0.3) is 4.96 Å². The van der Waals surface area contributed by atoms with E-state index in [9.17, 15) is 10.1 Å². The van der Waals surface area contributed by atoms with Crippen LogP contribution in [0.1, 0.15) is 5.56 Å². The summed E-state index contributed by atoms with van der Waals surface area (Å²) in [7, 11) is 0. The molecule has 0 aliphatic heterocycles.